The zero-order valence-electron chi connectivity index (χ0n) is 11.1. The molecule has 1 aliphatic rings. The molecular formula is C14H20N2O2. The third-order valence-electron chi connectivity index (χ3n) is 3.34. The van der Waals surface area contributed by atoms with Gasteiger partial charge in [0.1, 0.15) is 0 Å². The molecule has 1 fully saturated rings. The Morgan fingerprint density at radius 1 is 1.28 bits per heavy atom. The highest BCUT2D eigenvalue weighted by atomic mass is 16.5. The molecule has 2 rings (SSSR count). The van der Waals surface area contributed by atoms with Gasteiger partial charge in [0.05, 0.1) is 6.10 Å². The molecule has 4 nitrogen and oxygen atoms in total. The lowest BCUT2D eigenvalue weighted by Gasteiger charge is -2.35. The maximum absolute atomic E-state index is 11.7. The van der Waals surface area contributed by atoms with Gasteiger partial charge < -0.3 is 15.0 Å². The Bertz CT molecular complexity index is 408. The second kappa shape index (κ2) is 5.40. The van der Waals surface area contributed by atoms with E-state index in [1.807, 2.05) is 24.3 Å². The van der Waals surface area contributed by atoms with E-state index in [1.54, 1.807) is 26.1 Å². The Morgan fingerprint density at radius 2 is 1.89 bits per heavy atom. The number of hydrogen-bond acceptors (Lipinski definition) is 3. The zero-order chi connectivity index (χ0) is 13.1. The van der Waals surface area contributed by atoms with E-state index in [2.05, 4.69) is 5.32 Å². The van der Waals surface area contributed by atoms with Crippen molar-refractivity contribution >= 4 is 11.6 Å². The Kier molecular flexibility index (Phi) is 3.87. The van der Waals surface area contributed by atoms with Crippen LogP contribution < -0.4 is 5.32 Å². The van der Waals surface area contributed by atoms with Gasteiger partial charge in [0.25, 0.3) is 5.91 Å². The second-order valence-corrected chi connectivity index (χ2v) is 4.95. The summed E-state index contributed by atoms with van der Waals surface area (Å²) in [5, 5.41) is 3.43. The van der Waals surface area contributed by atoms with Crippen molar-refractivity contribution in [3.8, 4) is 0 Å². The van der Waals surface area contributed by atoms with Gasteiger partial charge in [0, 0.05) is 38.5 Å². The number of nitrogens with zero attached hydrogens (tertiary/aromatic N) is 1. The first-order valence-corrected chi connectivity index (χ1v) is 6.21. The maximum atomic E-state index is 11.7. The van der Waals surface area contributed by atoms with Crippen LogP contribution in [-0.4, -0.2) is 44.2 Å². The van der Waals surface area contributed by atoms with Crippen molar-refractivity contribution in [2.45, 2.75) is 25.0 Å². The molecule has 0 spiro atoms. The first-order chi connectivity index (χ1) is 8.60. The van der Waals surface area contributed by atoms with Gasteiger partial charge in [-0.1, -0.05) is 0 Å². The molecule has 1 aromatic rings. The van der Waals surface area contributed by atoms with E-state index in [1.165, 1.54) is 0 Å². The molecule has 0 unspecified atom stereocenters. The van der Waals surface area contributed by atoms with Gasteiger partial charge in [-0.2, -0.15) is 0 Å². The Morgan fingerprint density at radius 3 is 2.39 bits per heavy atom. The second-order valence-electron chi connectivity index (χ2n) is 4.95. The number of nitrogens with one attached hydrogen (secondary N) is 1. The van der Waals surface area contributed by atoms with E-state index < -0.39 is 0 Å². The standard InChI is InChI=1S/C14H20N2O2/c1-16(2)14(17)10-4-6-11(7-5-10)15-12-8-13(9-12)18-3/h4-7,12-13,15H,8-9H2,1-3H3. The minimum absolute atomic E-state index is 0.0321. The van der Waals surface area contributed by atoms with Gasteiger partial charge in [-0.25, -0.2) is 0 Å². The van der Waals surface area contributed by atoms with E-state index in [9.17, 15) is 4.79 Å². The highest BCUT2D eigenvalue weighted by molar-refractivity contribution is 5.94. The summed E-state index contributed by atoms with van der Waals surface area (Å²) in [7, 11) is 5.27. The maximum Gasteiger partial charge on any atom is 0.253 e. The Balaban J connectivity index is 1.90. The number of anilines is 1. The molecule has 0 saturated heterocycles. The lowest BCUT2D eigenvalue weighted by Crippen LogP contribution is -2.40. The summed E-state index contributed by atoms with van der Waals surface area (Å²) in [5.41, 5.74) is 1.78. The largest absolute Gasteiger partial charge is 0.382 e. The van der Waals surface area contributed by atoms with Crippen molar-refractivity contribution < 1.29 is 9.53 Å². The monoisotopic (exact) mass is 248 g/mol. The smallest absolute Gasteiger partial charge is 0.253 e. The van der Waals surface area contributed by atoms with Crippen LogP contribution in [0.3, 0.4) is 0 Å². The van der Waals surface area contributed by atoms with Crippen LogP contribution in [0, 0.1) is 0 Å². The molecule has 98 valence electrons. The SMILES string of the molecule is COC1CC(Nc2ccc(C(=O)N(C)C)cc2)C1. The fourth-order valence-electron chi connectivity index (χ4n) is 2.08. The number of carbonyl (C=O) groups is 1. The molecule has 1 aliphatic carbocycles. The molecule has 1 saturated carbocycles. The topological polar surface area (TPSA) is 41.6 Å². The third-order valence-corrected chi connectivity index (χ3v) is 3.34. The summed E-state index contributed by atoms with van der Waals surface area (Å²) in [6.45, 7) is 0. The highest BCUT2D eigenvalue weighted by Crippen LogP contribution is 2.26. The molecule has 1 N–H and O–H groups in total. The summed E-state index contributed by atoms with van der Waals surface area (Å²) in [6.07, 6.45) is 2.50. The van der Waals surface area contributed by atoms with E-state index in [4.69, 9.17) is 4.74 Å². The van der Waals surface area contributed by atoms with Crippen molar-refractivity contribution in [2.24, 2.45) is 0 Å². The van der Waals surface area contributed by atoms with Gasteiger partial charge in [0.2, 0.25) is 0 Å². The van der Waals surface area contributed by atoms with Crippen LogP contribution in [0.25, 0.3) is 0 Å². The van der Waals surface area contributed by atoms with Crippen molar-refractivity contribution in [1.82, 2.24) is 4.90 Å². The van der Waals surface area contributed by atoms with Crippen molar-refractivity contribution in [2.75, 3.05) is 26.5 Å². The molecule has 0 radical (unpaired) electrons. The minimum atomic E-state index is 0.0321. The summed E-state index contributed by atoms with van der Waals surface area (Å²) in [5.74, 6) is 0.0321. The predicted octanol–water partition coefficient (Wildman–Crippen LogP) is 1.98. The lowest BCUT2D eigenvalue weighted by molar-refractivity contribution is 0.0329. The molecule has 1 amide bonds. The number of methoxy groups -OCH3 is 1. The number of carbonyl (C=O) groups excluding carboxylic acids is 1. The molecule has 18 heavy (non-hydrogen) atoms. The minimum Gasteiger partial charge on any atom is -0.382 e. The zero-order valence-corrected chi connectivity index (χ0v) is 11.1. The van der Waals surface area contributed by atoms with Crippen LogP contribution in [0.2, 0.25) is 0 Å². The highest BCUT2D eigenvalue weighted by Gasteiger charge is 2.28. The Hall–Kier alpha value is -1.55. The summed E-state index contributed by atoms with van der Waals surface area (Å²) in [4.78, 5) is 13.3. The van der Waals surface area contributed by atoms with Gasteiger partial charge in [-0.3, -0.25) is 4.79 Å². The van der Waals surface area contributed by atoms with Crippen LogP contribution in [0.5, 0.6) is 0 Å². The van der Waals surface area contributed by atoms with Crippen molar-refractivity contribution in [1.29, 1.82) is 0 Å². The van der Waals surface area contributed by atoms with Crippen LogP contribution in [0.4, 0.5) is 5.69 Å². The molecule has 0 aromatic heterocycles. The Labute approximate surface area is 108 Å². The molecule has 1 aromatic carbocycles. The summed E-state index contributed by atoms with van der Waals surface area (Å²) in [6, 6.07) is 8.12. The van der Waals surface area contributed by atoms with E-state index in [0.29, 0.717) is 17.7 Å². The number of ether oxygens (including phenoxy) is 1. The summed E-state index contributed by atoms with van der Waals surface area (Å²) < 4.78 is 5.24. The van der Waals surface area contributed by atoms with Gasteiger partial charge in [-0.15, -0.1) is 0 Å². The molecule has 0 heterocycles. The average Bonchev–Trinajstić information content (AvgIpc) is 2.33. The van der Waals surface area contributed by atoms with Crippen molar-refractivity contribution in [3.63, 3.8) is 0 Å². The molecule has 0 aliphatic heterocycles. The van der Waals surface area contributed by atoms with E-state index in [0.717, 1.165) is 18.5 Å². The van der Waals surface area contributed by atoms with Gasteiger partial charge in [-0.05, 0) is 37.1 Å². The quantitative estimate of drug-likeness (QED) is 0.886. The number of benzene rings is 1. The average molecular weight is 248 g/mol. The van der Waals surface area contributed by atoms with Crippen LogP contribution in [-0.2, 0) is 4.74 Å². The fourth-order valence-corrected chi connectivity index (χ4v) is 2.08. The number of amides is 1. The first-order valence-electron chi connectivity index (χ1n) is 6.21. The van der Waals surface area contributed by atoms with E-state index in [-0.39, 0.29) is 5.91 Å². The fraction of sp³-hybridized carbons (Fsp3) is 0.500. The van der Waals surface area contributed by atoms with Gasteiger partial charge in [0.15, 0.2) is 0 Å². The molecular weight excluding hydrogens is 228 g/mol. The molecule has 0 atom stereocenters. The number of rotatable bonds is 4. The summed E-state index contributed by atoms with van der Waals surface area (Å²) >= 11 is 0. The lowest BCUT2D eigenvalue weighted by atomic mass is 9.89. The van der Waals surface area contributed by atoms with E-state index >= 15 is 0 Å². The van der Waals surface area contributed by atoms with Crippen LogP contribution in [0.15, 0.2) is 24.3 Å². The number of hydrogen-bond donors (Lipinski definition) is 1. The molecule has 4 heteroatoms. The predicted molar refractivity (Wildman–Crippen MR) is 71.9 cm³/mol. The third kappa shape index (κ3) is 2.82. The van der Waals surface area contributed by atoms with Crippen LogP contribution >= 0.6 is 0 Å². The van der Waals surface area contributed by atoms with Crippen LogP contribution in [0.1, 0.15) is 23.2 Å². The first kappa shape index (κ1) is 12.9. The normalized spacial score (nSPS) is 22.2. The molecule has 0 bridgehead atoms. The van der Waals surface area contributed by atoms with Crippen molar-refractivity contribution in [3.05, 3.63) is 29.8 Å². The van der Waals surface area contributed by atoms with Gasteiger partial charge >= 0.3 is 0 Å².